The third-order valence-corrected chi connectivity index (χ3v) is 3.77. The van der Waals surface area contributed by atoms with Gasteiger partial charge in [0.15, 0.2) is 0 Å². The second-order valence-electron chi connectivity index (χ2n) is 6.06. The van der Waals surface area contributed by atoms with Gasteiger partial charge in [-0.1, -0.05) is 23.4 Å². The van der Waals surface area contributed by atoms with Crippen LogP contribution in [0.2, 0.25) is 0 Å². The Morgan fingerprint density at radius 1 is 1.15 bits per heavy atom. The number of hydrogen-bond acceptors (Lipinski definition) is 6. The molecule has 27 heavy (non-hydrogen) atoms. The summed E-state index contributed by atoms with van der Waals surface area (Å²) >= 11 is 0. The van der Waals surface area contributed by atoms with Gasteiger partial charge in [-0.25, -0.2) is 0 Å². The van der Waals surface area contributed by atoms with Gasteiger partial charge in [-0.05, 0) is 50.4 Å². The number of rotatable bonds is 8. The van der Waals surface area contributed by atoms with Gasteiger partial charge in [0.25, 0.3) is 0 Å². The van der Waals surface area contributed by atoms with E-state index in [-0.39, 0.29) is 12.5 Å². The molecule has 1 N–H and O–H groups in total. The fraction of sp³-hybridized carbons (Fsp3) is 0.250. The first kappa shape index (κ1) is 18.6. The Morgan fingerprint density at radius 3 is 2.59 bits per heavy atom. The van der Waals surface area contributed by atoms with E-state index in [1.54, 1.807) is 0 Å². The molecule has 2 aromatic carbocycles. The monoisotopic (exact) mass is 366 g/mol. The fourth-order valence-electron chi connectivity index (χ4n) is 2.56. The minimum absolute atomic E-state index is 0.102. The lowest BCUT2D eigenvalue weighted by atomic mass is 10.2. The Bertz CT molecular complexity index is 862. The number of anilines is 1. The largest absolute Gasteiger partial charge is 0.494 e. The molecule has 0 aliphatic rings. The Morgan fingerprint density at radius 2 is 1.89 bits per heavy atom. The average Bonchev–Trinajstić information content (AvgIpc) is 3.11. The Hall–Kier alpha value is -3.19. The van der Waals surface area contributed by atoms with E-state index < -0.39 is 0 Å². The van der Waals surface area contributed by atoms with Crippen molar-refractivity contribution < 1.29 is 14.1 Å². The van der Waals surface area contributed by atoms with Crippen molar-refractivity contribution in [2.75, 3.05) is 25.5 Å². The van der Waals surface area contributed by atoms with Crippen molar-refractivity contribution in [3.05, 3.63) is 60.5 Å². The number of aromatic nitrogens is 2. The lowest BCUT2D eigenvalue weighted by Crippen LogP contribution is -2.29. The van der Waals surface area contributed by atoms with E-state index >= 15 is 0 Å². The molecule has 0 saturated carbocycles. The highest BCUT2D eigenvalue weighted by Crippen LogP contribution is 2.20. The van der Waals surface area contributed by atoms with Gasteiger partial charge in [0, 0.05) is 11.3 Å². The van der Waals surface area contributed by atoms with Crippen LogP contribution in [0.25, 0.3) is 11.4 Å². The van der Waals surface area contributed by atoms with Crippen LogP contribution in [0.3, 0.4) is 0 Å². The van der Waals surface area contributed by atoms with Crippen molar-refractivity contribution >= 4 is 11.6 Å². The van der Waals surface area contributed by atoms with Gasteiger partial charge in [-0.15, -0.1) is 0 Å². The molecule has 0 aliphatic heterocycles. The average molecular weight is 366 g/mol. The molecule has 0 bridgehead atoms. The first-order valence-electron chi connectivity index (χ1n) is 8.73. The third-order valence-electron chi connectivity index (χ3n) is 3.77. The molecule has 0 spiro atoms. The SMILES string of the molecule is CCOc1ccc(-c2noc(CN(C)CC(=O)Nc3ccccc3)n2)cc1. The molecule has 1 heterocycles. The molecule has 7 nitrogen and oxygen atoms in total. The zero-order valence-corrected chi connectivity index (χ0v) is 15.4. The number of nitrogens with zero attached hydrogens (tertiary/aromatic N) is 3. The van der Waals surface area contributed by atoms with Crippen molar-refractivity contribution in [2.45, 2.75) is 13.5 Å². The maximum Gasteiger partial charge on any atom is 0.241 e. The van der Waals surface area contributed by atoms with Crippen LogP contribution in [-0.4, -0.2) is 41.1 Å². The number of likely N-dealkylation sites (N-methyl/N-ethyl adjacent to an activating group) is 1. The first-order valence-corrected chi connectivity index (χ1v) is 8.73. The Labute approximate surface area is 158 Å². The fourth-order valence-corrected chi connectivity index (χ4v) is 2.56. The van der Waals surface area contributed by atoms with Crippen LogP contribution < -0.4 is 10.1 Å². The van der Waals surface area contributed by atoms with Crippen molar-refractivity contribution in [1.82, 2.24) is 15.0 Å². The predicted octanol–water partition coefficient (Wildman–Crippen LogP) is 3.21. The zero-order chi connectivity index (χ0) is 19.1. The van der Waals surface area contributed by atoms with Crippen LogP contribution in [0.1, 0.15) is 12.8 Å². The van der Waals surface area contributed by atoms with Crippen molar-refractivity contribution in [1.29, 1.82) is 0 Å². The molecular weight excluding hydrogens is 344 g/mol. The summed E-state index contributed by atoms with van der Waals surface area (Å²) in [5.74, 6) is 1.66. The molecule has 0 aliphatic carbocycles. The van der Waals surface area contributed by atoms with E-state index in [2.05, 4.69) is 15.5 Å². The minimum Gasteiger partial charge on any atom is -0.494 e. The Kier molecular flexibility index (Phi) is 6.17. The van der Waals surface area contributed by atoms with Crippen LogP contribution in [0.15, 0.2) is 59.1 Å². The third kappa shape index (κ3) is 5.39. The van der Waals surface area contributed by atoms with Crippen molar-refractivity contribution in [3.63, 3.8) is 0 Å². The molecule has 0 radical (unpaired) electrons. The van der Waals surface area contributed by atoms with Crippen molar-refractivity contribution in [2.24, 2.45) is 0 Å². The van der Waals surface area contributed by atoms with Gasteiger partial charge in [-0.2, -0.15) is 4.98 Å². The van der Waals surface area contributed by atoms with Gasteiger partial charge in [0.1, 0.15) is 5.75 Å². The molecule has 0 saturated heterocycles. The number of carbonyl (C=O) groups excluding carboxylic acids is 1. The number of nitrogens with one attached hydrogen (secondary N) is 1. The van der Waals surface area contributed by atoms with Crippen molar-refractivity contribution in [3.8, 4) is 17.1 Å². The summed E-state index contributed by atoms with van der Waals surface area (Å²) < 4.78 is 10.7. The molecule has 7 heteroatoms. The van der Waals surface area contributed by atoms with E-state index in [4.69, 9.17) is 9.26 Å². The number of ether oxygens (including phenoxy) is 1. The van der Waals surface area contributed by atoms with Gasteiger partial charge < -0.3 is 14.6 Å². The number of hydrogen-bond donors (Lipinski definition) is 1. The smallest absolute Gasteiger partial charge is 0.241 e. The number of carbonyl (C=O) groups is 1. The zero-order valence-electron chi connectivity index (χ0n) is 15.4. The predicted molar refractivity (Wildman–Crippen MR) is 102 cm³/mol. The van der Waals surface area contributed by atoms with Gasteiger partial charge in [0.05, 0.1) is 19.7 Å². The summed E-state index contributed by atoms with van der Waals surface area (Å²) in [4.78, 5) is 18.3. The van der Waals surface area contributed by atoms with Gasteiger partial charge >= 0.3 is 0 Å². The second-order valence-corrected chi connectivity index (χ2v) is 6.06. The Balaban J connectivity index is 1.54. The summed E-state index contributed by atoms with van der Waals surface area (Å²) in [5.41, 5.74) is 1.62. The minimum atomic E-state index is -0.102. The highest BCUT2D eigenvalue weighted by atomic mass is 16.5. The van der Waals surface area contributed by atoms with Crippen LogP contribution in [-0.2, 0) is 11.3 Å². The van der Waals surface area contributed by atoms with E-state index in [1.807, 2.05) is 73.5 Å². The number of amides is 1. The van der Waals surface area contributed by atoms with Crippen LogP contribution >= 0.6 is 0 Å². The van der Waals surface area contributed by atoms with Gasteiger partial charge in [-0.3, -0.25) is 9.69 Å². The summed E-state index contributed by atoms with van der Waals surface area (Å²) in [5, 5.41) is 6.85. The molecule has 0 atom stereocenters. The topological polar surface area (TPSA) is 80.5 Å². The lowest BCUT2D eigenvalue weighted by molar-refractivity contribution is -0.117. The van der Waals surface area contributed by atoms with E-state index in [9.17, 15) is 4.79 Å². The van der Waals surface area contributed by atoms with E-state index in [0.29, 0.717) is 24.9 Å². The summed E-state index contributed by atoms with van der Waals surface area (Å²) in [6.45, 7) is 3.16. The standard InChI is InChI=1S/C20H22N4O3/c1-3-26-17-11-9-15(10-12-17)20-22-19(27-23-20)14-24(2)13-18(25)21-16-7-5-4-6-8-16/h4-12H,3,13-14H2,1-2H3,(H,21,25). The van der Waals surface area contributed by atoms with Crippen LogP contribution in [0, 0.1) is 0 Å². The quantitative estimate of drug-likeness (QED) is 0.659. The first-order chi connectivity index (χ1) is 13.1. The summed E-state index contributed by atoms with van der Waals surface area (Å²) in [6.07, 6.45) is 0. The molecule has 3 rings (SSSR count). The number of benzene rings is 2. The molecule has 140 valence electrons. The van der Waals surface area contributed by atoms with E-state index in [1.165, 1.54) is 0 Å². The second kappa shape index (κ2) is 8.95. The van der Waals surface area contributed by atoms with E-state index in [0.717, 1.165) is 17.0 Å². The maximum absolute atomic E-state index is 12.1. The summed E-state index contributed by atoms with van der Waals surface area (Å²) in [6, 6.07) is 16.9. The van der Waals surface area contributed by atoms with Crippen LogP contribution in [0.5, 0.6) is 5.75 Å². The number of para-hydroxylation sites is 1. The van der Waals surface area contributed by atoms with Crippen LogP contribution in [0.4, 0.5) is 5.69 Å². The molecule has 1 aromatic heterocycles. The maximum atomic E-state index is 12.1. The molecule has 3 aromatic rings. The molecule has 0 fully saturated rings. The molecular formula is C20H22N4O3. The normalized spacial score (nSPS) is 10.8. The van der Waals surface area contributed by atoms with Gasteiger partial charge in [0.2, 0.25) is 17.6 Å². The summed E-state index contributed by atoms with van der Waals surface area (Å²) in [7, 11) is 1.82. The highest BCUT2D eigenvalue weighted by Gasteiger charge is 2.13. The highest BCUT2D eigenvalue weighted by molar-refractivity contribution is 5.92. The lowest BCUT2D eigenvalue weighted by Gasteiger charge is -2.13. The molecule has 0 unspecified atom stereocenters. The molecule has 1 amide bonds.